The molecular weight excluding hydrogens is 345 g/mol. The van der Waals surface area contributed by atoms with Crippen LogP contribution >= 0.6 is 0 Å². The molecule has 0 spiro atoms. The predicted octanol–water partition coefficient (Wildman–Crippen LogP) is 4.68. The average molecular weight is 363 g/mol. The fourth-order valence-corrected chi connectivity index (χ4v) is 2.74. The second kappa shape index (κ2) is 7.41. The van der Waals surface area contributed by atoms with E-state index in [-0.39, 0.29) is 5.88 Å². The summed E-state index contributed by atoms with van der Waals surface area (Å²) < 4.78 is 21.8. The van der Waals surface area contributed by atoms with E-state index in [9.17, 15) is 4.39 Å². The van der Waals surface area contributed by atoms with Gasteiger partial charge in [-0.2, -0.15) is 10.2 Å². The summed E-state index contributed by atoms with van der Waals surface area (Å²) in [4.78, 5) is 4.07. The van der Waals surface area contributed by atoms with Gasteiger partial charge >= 0.3 is 0 Å². The monoisotopic (exact) mass is 363 g/mol. The molecule has 1 N–H and O–H groups in total. The van der Waals surface area contributed by atoms with Gasteiger partial charge in [-0.15, -0.1) is 0 Å². The number of rotatable bonds is 6. The maximum absolute atomic E-state index is 14.3. The number of H-pyrrole nitrogens is 1. The quantitative estimate of drug-likeness (QED) is 0.540. The van der Waals surface area contributed by atoms with Gasteiger partial charge in [0.2, 0.25) is 0 Å². The molecule has 27 heavy (non-hydrogen) atoms. The van der Waals surface area contributed by atoms with Gasteiger partial charge in [0.25, 0.3) is 5.88 Å². The first-order valence-electron chi connectivity index (χ1n) is 8.70. The molecule has 4 rings (SSSR count). The number of aromatic amines is 1. The first kappa shape index (κ1) is 17.0. The number of ether oxygens (including phenoxy) is 1. The molecule has 0 radical (unpaired) electrons. The van der Waals surface area contributed by atoms with Crippen molar-refractivity contribution in [2.24, 2.45) is 0 Å². The van der Waals surface area contributed by atoms with E-state index in [2.05, 4.69) is 27.2 Å². The Balaban J connectivity index is 1.49. The van der Waals surface area contributed by atoms with E-state index in [0.29, 0.717) is 17.0 Å². The molecule has 0 saturated carbocycles. The third-order valence-electron chi connectivity index (χ3n) is 4.08. The second-order valence-electron chi connectivity index (χ2n) is 6.07. The summed E-state index contributed by atoms with van der Waals surface area (Å²) in [6.45, 7) is 3.00. The van der Waals surface area contributed by atoms with Crippen LogP contribution in [0.25, 0.3) is 22.5 Å². The van der Waals surface area contributed by atoms with E-state index in [0.717, 1.165) is 24.2 Å². The number of nitrogens with zero attached hydrogens (tertiary/aromatic N) is 4. The molecule has 136 valence electrons. The van der Waals surface area contributed by atoms with Crippen molar-refractivity contribution in [3.63, 3.8) is 0 Å². The SMILES string of the molecule is CCCn1ccc(-c2ccc(Oc3ncc(-c4ccn[nH]4)cc3F)cc2)n1. The first-order valence-corrected chi connectivity index (χ1v) is 8.70. The number of pyridine rings is 1. The third-order valence-corrected chi connectivity index (χ3v) is 4.08. The number of benzene rings is 1. The number of hydrogen-bond donors (Lipinski definition) is 1. The third kappa shape index (κ3) is 3.72. The van der Waals surface area contributed by atoms with Crippen molar-refractivity contribution in [1.82, 2.24) is 25.0 Å². The lowest BCUT2D eigenvalue weighted by atomic mass is 10.1. The van der Waals surface area contributed by atoms with Crippen LogP contribution in [-0.4, -0.2) is 25.0 Å². The van der Waals surface area contributed by atoms with E-state index >= 15 is 0 Å². The van der Waals surface area contributed by atoms with Gasteiger partial charge in [0.1, 0.15) is 5.75 Å². The fraction of sp³-hybridized carbons (Fsp3) is 0.150. The van der Waals surface area contributed by atoms with E-state index in [1.165, 1.54) is 6.07 Å². The van der Waals surface area contributed by atoms with E-state index in [1.54, 1.807) is 30.6 Å². The zero-order chi connectivity index (χ0) is 18.6. The summed E-state index contributed by atoms with van der Waals surface area (Å²) in [7, 11) is 0. The summed E-state index contributed by atoms with van der Waals surface area (Å²) in [6.07, 6.45) is 6.14. The van der Waals surface area contributed by atoms with Crippen molar-refractivity contribution in [2.45, 2.75) is 19.9 Å². The van der Waals surface area contributed by atoms with Crippen molar-refractivity contribution in [2.75, 3.05) is 0 Å². The van der Waals surface area contributed by atoms with Crippen LogP contribution in [0.5, 0.6) is 11.6 Å². The molecule has 0 amide bonds. The molecule has 0 bridgehead atoms. The molecule has 0 fully saturated rings. The molecule has 3 heterocycles. The van der Waals surface area contributed by atoms with E-state index in [1.807, 2.05) is 29.1 Å². The van der Waals surface area contributed by atoms with Crippen molar-refractivity contribution < 1.29 is 9.13 Å². The number of nitrogens with one attached hydrogen (secondary N) is 1. The number of aryl methyl sites for hydroxylation is 1. The van der Waals surface area contributed by atoms with Crippen molar-refractivity contribution in [1.29, 1.82) is 0 Å². The Morgan fingerprint density at radius 2 is 1.96 bits per heavy atom. The molecule has 0 aliphatic rings. The topological polar surface area (TPSA) is 68.6 Å². The van der Waals surface area contributed by atoms with Crippen molar-refractivity contribution >= 4 is 0 Å². The largest absolute Gasteiger partial charge is 0.436 e. The van der Waals surface area contributed by atoms with E-state index in [4.69, 9.17) is 4.74 Å². The molecule has 1 aromatic carbocycles. The molecular formula is C20H18FN5O. The van der Waals surface area contributed by atoms with Crippen LogP contribution in [0.4, 0.5) is 4.39 Å². The Labute approximate surface area is 155 Å². The lowest BCUT2D eigenvalue weighted by molar-refractivity contribution is 0.423. The van der Waals surface area contributed by atoms with Gasteiger partial charge in [0.05, 0.1) is 11.4 Å². The average Bonchev–Trinajstić information content (AvgIpc) is 3.36. The molecule has 7 heteroatoms. The number of halogens is 1. The van der Waals surface area contributed by atoms with Crippen LogP contribution in [0.3, 0.4) is 0 Å². The first-order chi connectivity index (χ1) is 13.2. The minimum Gasteiger partial charge on any atom is -0.436 e. The lowest BCUT2D eigenvalue weighted by Gasteiger charge is -2.07. The molecule has 0 unspecified atom stereocenters. The number of hydrogen-bond acceptors (Lipinski definition) is 4. The van der Waals surface area contributed by atoms with Gasteiger partial charge in [-0.3, -0.25) is 9.78 Å². The Morgan fingerprint density at radius 1 is 1.11 bits per heavy atom. The maximum Gasteiger partial charge on any atom is 0.255 e. The number of aromatic nitrogens is 5. The van der Waals surface area contributed by atoms with Gasteiger partial charge in [0.15, 0.2) is 5.82 Å². The maximum atomic E-state index is 14.3. The molecule has 3 aromatic heterocycles. The highest BCUT2D eigenvalue weighted by atomic mass is 19.1. The van der Waals surface area contributed by atoms with Crippen LogP contribution < -0.4 is 4.74 Å². The van der Waals surface area contributed by atoms with Gasteiger partial charge in [0, 0.05) is 36.3 Å². The van der Waals surface area contributed by atoms with Gasteiger partial charge < -0.3 is 4.74 Å². The summed E-state index contributed by atoms with van der Waals surface area (Å²) in [5, 5.41) is 11.2. The van der Waals surface area contributed by atoms with Crippen LogP contribution in [0.15, 0.2) is 61.1 Å². The van der Waals surface area contributed by atoms with Crippen LogP contribution in [0.2, 0.25) is 0 Å². The van der Waals surface area contributed by atoms with Crippen LogP contribution in [0.1, 0.15) is 13.3 Å². The Bertz CT molecular complexity index is 1020. The highest BCUT2D eigenvalue weighted by Gasteiger charge is 2.10. The molecule has 6 nitrogen and oxygen atoms in total. The van der Waals surface area contributed by atoms with Crippen molar-refractivity contribution in [3.05, 3.63) is 66.9 Å². The summed E-state index contributed by atoms with van der Waals surface area (Å²) in [6, 6.07) is 12.4. The summed E-state index contributed by atoms with van der Waals surface area (Å²) in [5.74, 6) is -0.102. The minimum absolute atomic E-state index is 0.0711. The molecule has 0 aliphatic carbocycles. The lowest BCUT2D eigenvalue weighted by Crippen LogP contribution is -1.96. The van der Waals surface area contributed by atoms with Gasteiger partial charge in [-0.25, -0.2) is 9.37 Å². The van der Waals surface area contributed by atoms with E-state index < -0.39 is 5.82 Å². The zero-order valence-electron chi connectivity index (χ0n) is 14.8. The Morgan fingerprint density at radius 3 is 2.67 bits per heavy atom. The van der Waals surface area contributed by atoms with Gasteiger partial charge in [-0.05, 0) is 48.9 Å². The predicted molar refractivity (Wildman–Crippen MR) is 99.8 cm³/mol. The van der Waals surface area contributed by atoms with Gasteiger partial charge in [-0.1, -0.05) is 6.92 Å². The molecule has 4 aromatic rings. The summed E-state index contributed by atoms with van der Waals surface area (Å²) >= 11 is 0. The molecule has 0 saturated heterocycles. The second-order valence-corrected chi connectivity index (χ2v) is 6.07. The van der Waals surface area contributed by atoms with Crippen molar-refractivity contribution in [3.8, 4) is 34.1 Å². The molecule has 0 aliphatic heterocycles. The standard InChI is InChI=1S/C20H18FN5O/c1-2-10-26-11-8-19(25-26)14-3-5-16(6-4-14)27-20-17(21)12-15(13-22-20)18-7-9-23-24-18/h3-9,11-13H,2,10H2,1H3,(H,23,24). The smallest absolute Gasteiger partial charge is 0.255 e. The minimum atomic E-state index is -0.538. The molecule has 0 atom stereocenters. The normalized spacial score (nSPS) is 10.9. The Hall–Kier alpha value is -3.48. The van der Waals surface area contributed by atoms with Crippen LogP contribution in [-0.2, 0) is 6.54 Å². The highest BCUT2D eigenvalue weighted by Crippen LogP contribution is 2.27. The summed E-state index contributed by atoms with van der Waals surface area (Å²) in [5.41, 5.74) is 3.17. The zero-order valence-corrected chi connectivity index (χ0v) is 14.8. The highest BCUT2D eigenvalue weighted by molar-refractivity contribution is 5.60. The van der Waals surface area contributed by atoms with Crippen LogP contribution in [0, 0.1) is 5.82 Å². The fourth-order valence-electron chi connectivity index (χ4n) is 2.74. The Kier molecular flexibility index (Phi) is 4.65.